The largest absolute Gasteiger partial charge is 0.495 e. The molecule has 1 aromatic rings. The van der Waals surface area contributed by atoms with E-state index in [1.807, 2.05) is 44.2 Å². The number of methoxy groups -OCH3 is 1. The Bertz CT molecular complexity index is 1010. The van der Waals surface area contributed by atoms with Crippen LogP contribution in [-0.4, -0.2) is 55.1 Å². The van der Waals surface area contributed by atoms with Gasteiger partial charge in [0, 0.05) is 31.8 Å². The zero-order valence-corrected chi connectivity index (χ0v) is 22.3. The average molecular weight is 523 g/mol. The quantitative estimate of drug-likeness (QED) is 0.233. The molecule has 0 bridgehead atoms. The molecule has 1 aromatic carbocycles. The van der Waals surface area contributed by atoms with Crippen molar-refractivity contribution < 1.29 is 28.3 Å². The summed E-state index contributed by atoms with van der Waals surface area (Å²) in [6, 6.07) is 5.71. The maximum Gasteiger partial charge on any atom is 0.407 e. The lowest BCUT2D eigenvalue weighted by molar-refractivity contribution is -0.143. The Morgan fingerprint density at radius 3 is 2.89 bits per heavy atom. The van der Waals surface area contributed by atoms with Crippen molar-refractivity contribution in [3.8, 4) is 5.75 Å². The number of benzene rings is 1. The highest BCUT2D eigenvalue weighted by molar-refractivity contribution is 6.32. The van der Waals surface area contributed by atoms with Crippen LogP contribution in [0, 0.1) is 5.92 Å². The van der Waals surface area contributed by atoms with Gasteiger partial charge in [-0.05, 0) is 50.8 Å². The van der Waals surface area contributed by atoms with Gasteiger partial charge in [0.05, 0.1) is 23.8 Å². The van der Waals surface area contributed by atoms with Crippen molar-refractivity contribution in [1.82, 2.24) is 10.4 Å². The number of allylic oxidation sites excluding steroid dienone is 3. The van der Waals surface area contributed by atoms with E-state index in [2.05, 4.69) is 18.3 Å². The summed E-state index contributed by atoms with van der Waals surface area (Å²) in [7, 11) is 2.69. The van der Waals surface area contributed by atoms with Crippen LogP contribution in [0.4, 0.5) is 9.28 Å². The van der Waals surface area contributed by atoms with E-state index in [-0.39, 0.29) is 35.7 Å². The number of carbonyl (C=O) groups is 2. The number of cyclic esters (lactones) is 1. The average Bonchev–Trinajstić information content (AvgIpc) is 3.52. The third-order valence-electron chi connectivity index (χ3n) is 6.92. The van der Waals surface area contributed by atoms with Crippen LogP contribution in [0.3, 0.4) is 0 Å². The molecule has 0 saturated carbocycles. The van der Waals surface area contributed by atoms with Crippen molar-refractivity contribution in [2.24, 2.45) is 5.92 Å². The van der Waals surface area contributed by atoms with Crippen LogP contribution >= 0.6 is 11.6 Å². The second kappa shape index (κ2) is 12.1. The maximum atomic E-state index is 13.0. The summed E-state index contributed by atoms with van der Waals surface area (Å²) < 4.78 is 29.7. The van der Waals surface area contributed by atoms with Gasteiger partial charge in [-0.25, -0.2) is 4.79 Å². The van der Waals surface area contributed by atoms with Crippen LogP contribution in [0.15, 0.2) is 42.0 Å². The van der Waals surface area contributed by atoms with E-state index in [0.717, 1.165) is 19.0 Å². The summed E-state index contributed by atoms with van der Waals surface area (Å²) in [5.41, 5.74) is 1.79. The third-order valence-corrected chi connectivity index (χ3v) is 7.23. The maximum absolute atomic E-state index is 13.0. The zero-order valence-electron chi connectivity index (χ0n) is 21.6. The first-order valence-corrected chi connectivity index (χ1v) is 12.6. The smallest absolute Gasteiger partial charge is 0.407 e. The second-order valence-electron chi connectivity index (χ2n) is 9.92. The van der Waals surface area contributed by atoms with Gasteiger partial charge in [0.25, 0.3) is 0 Å². The molecule has 2 saturated heterocycles. The first-order chi connectivity index (χ1) is 17.0. The normalized spacial score (nSPS) is 26.8. The van der Waals surface area contributed by atoms with Crippen LogP contribution < -0.4 is 10.1 Å². The number of alkyl carbamates (subject to hydrolysis) is 1. The molecular weight excluding hydrogens is 487 g/mol. The molecule has 2 fully saturated rings. The van der Waals surface area contributed by atoms with Crippen LogP contribution in [-0.2, 0) is 20.7 Å². The van der Waals surface area contributed by atoms with Crippen LogP contribution in [0.5, 0.6) is 5.75 Å². The molecule has 5 atom stereocenters. The van der Waals surface area contributed by atoms with Crippen molar-refractivity contribution >= 4 is 23.6 Å². The van der Waals surface area contributed by atoms with Crippen LogP contribution in [0.2, 0.25) is 5.02 Å². The number of amides is 2. The van der Waals surface area contributed by atoms with Crippen LogP contribution in [0.1, 0.15) is 52.0 Å². The minimum Gasteiger partial charge on any atom is -0.495 e. The Labute approximate surface area is 217 Å². The van der Waals surface area contributed by atoms with Gasteiger partial charge in [-0.2, -0.15) is 5.12 Å². The van der Waals surface area contributed by atoms with Crippen molar-refractivity contribution in [1.29, 1.82) is 0 Å². The van der Waals surface area contributed by atoms with E-state index in [0.29, 0.717) is 30.0 Å². The zero-order chi connectivity index (χ0) is 26.5. The number of rotatable bonds is 11. The number of nitrogens with zero attached hydrogens (tertiary/aromatic N) is 1. The summed E-state index contributed by atoms with van der Waals surface area (Å²) in [4.78, 5) is 23.8. The number of hydrogen-bond acceptors (Lipinski definition) is 5. The standard InChI is InChI=1S/C27H36ClFN2O5/c1-17(14-19-10-11-21(28)23(15-19)34-5)8-6-7-9-20-16-22(35-26(33)30-20)18(2)25-27(3,36-25)13-12-24(32)31(4)29/h6-8,10-11,15,18,20,22,25H,9,12-14,16H2,1-5H3,(H,30,33)/b7-6+,17-8+/t18-,20?,22?,25?,27?/m1/s1. The van der Waals surface area contributed by atoms with Gasteiger partial charge >= 0.3 is 6.09 Å². The Hall–Kier alpha value is -2.58. The van der Waals surface area contributed by atoms with Gasteiger partial charge in [-0.15, -0.1) is 0 Å². The minimum absolute atomic E-state index is 0.0377. The first kappa shape index (κ1) is 28.0. The molecule has 3 rings (SSSR count). The molecule has 36 heavy (non-hydrogen) atoms. The highest BCUT2D eigenvalue weighted by Crippen LogP contribution is 2.47. The van der Waals surface area contributed by atoms with Crippen LogP contribution in [0.25, 0.3) is 0 Å². The molecule has 0 aromatic heterocycles. The summed E-state index contributed by atoms with van der Waals surface area (Å²) in [6.07, 6.45) is 7.85. The Morgan fingerprint density at radius 2 is 2.19 bits per heavy atom. The summed E-state index contributed by atoms with van der Waals surface area (Å²) in [6.45, 7) is 5.97. The van der Waals surface area contributed by atoms with Gasteiger partial charge in [0.1, 0.15) is 11.9 Å². The van der Waals surface area contributed by atoms with Gasteiger partial charge in [0.2, 0.25) is 5.91 Å². The molecule has 9 heteroatoms. The van der Waals surface area contributed by atoms with E-state index in [1.165, 1.54) is 5.57 Å². The number of nitrogens with one attached hydrogen (secondary N) is 1. The lowest BCUT2D eigenvalue weighted by Gasteiger charge is -2.33. The predicted octanol–water partition coefficient (Wildman–Crippen LogP) is 5.57. The Morgan fingerprint density at radius 1 is 1.44 bits per heavy atom. The number of hydrogen-bond donors (Lipinski definition) is 1. The van der Waals surface area contributed by atoms with E-state index < -0.39 is 17.6 Å². The molecule has 2 amide bonds. The second-order valence-corrected chi connectivity index (χ2v) is 10.3. The molecule has 0 aliphatic carbocycles. The monoisotopic (exact) mass is 522 g/mol. The van der Waals surface area contributed by atoms with Gasteiger partial charge in [-0.1, -0.05) is 52.9 Å². The van der Waals surface area contributed by atoms with E-state index in [9.17, 15) is 14.1 Å². The number of ether oxygens (including phenoxy) is 3. The molecule has 198 valence electrons. The number of carbonyl (C=O) groups excluding carboxylic acids is 2. The summed E-state index contributed by atoms with van der Waals surface area (Å²) >= 11 is 6.10. The predicted molar refractivity (Wildman–Crippen MR) is 137 cm³/mol. The number of epoxide rings is 1. The molecule has 2 aliphatic rings. The molecule has 0 spiro atoms. The molecule has 2 heterocycles. The summed E-state index contributed by atoms with van der Waals surface area (Å²) in [5, 5.41) is 3.58. The minimum atomic E-state index is -0.574. The molecule has 2 aliphatic heterocycles. The van der Waals surface area contributed by atoms with Crippen molar-refractivity contribution in [2.45, 2.75) is 76.7 Å². The third kappa shape index (κ3) is 7.46. The molecule has 4 unspecified atom stereocenters. The lowest BCUT2D eigenvalue weighted by atomic mass is 9.86. The molecular formula is C27H36ClFN2O5. The number of halogens is 2. The SMILES string of the molecule is COc1cc(C/C(C)=C/C=C/CC2CC([C@@H](C)C3OC3(C)CCC(=O)N(C)F)OC(=O)N2)ccc1Cl. The van der Waals surface area contributed by atoms with Crippen molar-refractivity contribution in [3.05, 3.63) is 52.6 Å². The van der Waals surface area contributed by atoms with E-state index in [1.54, 1.807) is 7.11 Å². The van der Waals surface area contributed by atoms with Crippen molar-refractivity contribution in [3.63, 3.8) is 0 Å². The molecule has 0 radical (unpaired) electrons. The topological polar surface area (TPSA) is 80.4 Å². The van der Waals surface area contributed by atoms with E-state index in [4.69, 9.17) is 25.8 Å². The van der Waals surface area contributed by atoms with E-state index >= 15 is 0 Å². The Balaban J connectivity index is 1.49. The fraction of sp³-hybridized carbons (Fsp3) is 0.556. The fourth-order valence-electron chi connectivity index (χ4n) is 4.70. The lowest BCUT2D eigenvalue weighted by Crippen LogP contribution is -2.48. The summed E-state index contributed by atoms with van der Waals surface area (Å²) in [5.74, 6) is 0.0500. The molecule has 1 N–H and O–H groups in total. The van der Waals surface area contributed by atoms with Gasteiger partial charge in [-0.3, -0.25) is 4.79 Å². The highest BCUT2D eigenvalue weighted by Gasteiger charge is 2.57. The van der Waals surface area contributed by atoms with Gasteiger partial charge < -0.3 is 19.5 Å². The highest BCUT2D eigenvalue weighted by atomic mass is 35.5. The fourth-order valence-corrected chi connectivity index (χ4v) is 4.89. The van der Waals surface area contributed by atoms with Crippen molar-refractivity contribution in [2.75, 3.05) is 14.2 Å². The Kier molecular flexibility index (Phi) is 9.41. The first-order valence-electron chi connectivity index (χ1n) is 12.2. The van der Waals surface area contributed by atoms with Gasteiger partial charge in [0.15, 0.2) is 0 Å². The molecule has 7 nitrogen and oxygen atoms in total.